The van der Waals surface area contributed by atoms with Gasteiger partial charge in [-0.05, 0) is 66.8 Å². The standard InChI is InChI=1S/C19H23NO/c1-4-5-8-16(14-17-9-6-7-12-20-17)19-11-10-18(21-3)13-15(19)2/h6-7,9-14H,4-5,8H2,1-3H3/b16-14-. The Bertz CT molecular complexity index is 602. The number of rotatable bonds is 6. The van der Waals surface area contributed by atoms with Gasteiger partial charge >= 0.3 is 0 Å². The third kappa shape index (κ3) is 4.19. The van der Waals surface area contributed by atoms with E-state index in [0.717, 1.165) is 17.9 Å². The van der Waals surface area contributed by atoms with Gasteiger partial charge in [-0.15, -0.1) is 0 Å². The Morgan fingerprint density at radius 3 is 2.71 bits per heavy atom. The normalized spacial score (nSPS) is 11.5. The lowest BCUT2D eigenvalue weighted by atomic mass is 9.95. The minimum Gasteiger partial charge on any atom is -0.497 e. The van der Waals surface area contributed by atoms with Crippen LogP contribution >= 0.6 is 0 Å². The van der Waals surface area contributed by atoms with Crippen LogP contribution in [0.5, 0.6) is 5.75 Å². The molecule has 1 aromatic heterocycles. The lowest BCUT2D eigenvalue weighted by Crippen LogP contribution is -1.92. The highest BCUT2D eigenvalue weighted by Crippen LogP contribution is 2.28. The first-order valence-corrected chi connectivity index (χ1v) is 7.51. The van der Waals surface area contributed by atoms with Gasteiger partial charge in [-0.3, -0.25) is 4.98 Å². The number of pyridine rings is 1. The molecule has 0 aliphatic heterocycles. The van der Waals surface area contributed by atoms with Crippen LogP contribution in [0.2, 0.25) is 0 Å². The van der Waals surface area contributed by atoms with Gasteiger partial charge in [-0.2, -0.15) is 0 Å². The molecule has 0 amide bonds. The molecule has 0 spiro atoms. The van der Waals surface area contributed by atoms with Gasteiger partial charge in [0.2, 0.25) is 0 Å². The summed E-state index contributed by atoms with van der Waals surface area (Å²) in [7, 11) is 1.70. The SMILES string of the molecule is CCCC/C(=C/c1ccccn1)c1ccc(OC)cc1C. The Hall–Kier alpha value is -2.09. The van der Waals surface area contributed by atoms with Crippen molar-refractivity contribution < 1.29 is 4.74 Å². The maximum atomic E-state index is 5.30. The monoisotopic (exact) mass is 281 g/mol. The van der Waals surface area contributed by atoms with E-state index < -0.39 is 0 Å². The van der Waals surface area contributed by atoms with Gasteiger partial charge in [-0.1, -0.05) is 25.5 Å². The number of methoxy groups -OCH3 is 1. The summed E-state index contributed by atoms with van der Waals surface area (Å²) < 4.78 is 5.30. The summed E-state index contributed by atoms with van der Waals surface area (Å²) >= 11 is 0. The number of ether oxygens (including phenoxy) is 1. The Balaban J connectivity index is 2.38. The zero-order chi connectivity index (χ0) is 15.1. The van der Waals surface area contributed by atoms with Crippen LogP contribution in [0.3, 0.4) is 0 Å². The van der Waals surface area contributed by atoms with E-state index in [9.17, 15) is 0 Å². The molecule has 110 valence electrons. The number of allylic oxidation sites excluding steroid dienone is 1. The summed E-state index contributed by atoms with van der Waals surface area (Å²) in [6.45, 7) is 4.36. The van der Waals surface area contributed by atoms with Crippen LogP contribution in [-0.2, 0) is 0 Å². The molecule has 0 N–H and O–H groups in total. The van der Waals surface area contributed by atoms with Gasteiger partial charge in [0.05, 0.1) is 12.8 Å². The van der Waals surface area contributed by atoms with Crippen molar-refractivity contribution in [2.24, 2.45) is 0 Å². The molecular formula is C19H23NO. The average Bonchev–Trinajstić information content (AvgIpc) is 2.52. The second-order valence-electron chi connectivity index (χ2n) is 5.21. The molecular weight excluding hydrogens is 258 g/mol. The summed E-state index contributed by atoms with van der Waals surface area (Å²) in [4.78, 5) is 4.41. The van der Waals surface area contributed by atoms with E-state index in [-0.39, 0.29) is 0 Å². The number of unbranched alkanes of at least 4 members (excludes halogenated alkanes) is 1. The van der Waals surface area contributed by atoms with Gasteiger partial charge in [0.1, 0.15) is 5.75 Å². The molecule has 0 fully saturated rings. The number of benzene rings is 1. The minimum atomic E-state index is 0.906. The molecule has 0 atom stereocenters. The molecule has 0 aliphatic rings. The molecule has 0 saturated carbocycles. The zero-order valence-electron chi connectivity index (χ0n) is 13.1. The summed E-state index contributed by atoms with van der Waals surface area (Å²) in [6, 6.07) is 12.3. The fourth-order valence-corrected chi connectivity index (χ4v) is 2.42. The molecule has 0 aliphatic carbocycles. The average molecular weight is 281 g/mol. The molecule has 1 aromatic carbocycles. The molecule has 0 saturated heterocycles. The van der Waals surface area contributed by atoms with Gasteiger partial charge in [-0.25, -0.2) is 0 Å². The number of aryl methyl sites for hydroxylation is 1. The van der Waals surface area contributed by atoms with E-state index in [1.165, 1.54) is 29.5 Å². The zero-order valence-corrected chi connectivity index (χ0v) is 13.1. The summed E-state index contributed by atoms with van der Waals surface area (Å²) in [5.74, 6) is 0.906. The first-order valence-electron chi connectivity index (χ1n) is 7.51. The van der Waals surface area contributed by atoms with Crippen molar-refractivity contribution >= 4 is 11.6 Å². The third-order valence-electron chi connectivity index (χ3n) is 3.59. The van der Waals surface area contributed by atoms with E-state index in [2.05, 4.69) is 37.0 Å². The van der Waals surface area contributed by atoms with Gasteiger partial charge in [0, 0.05) is 6.20 Å². The Morgan fingerprint density at radius 2 is 2.10 bits per heavy atom. The van der Waals surface area contributed by atoms with Crippen molar-refractivity contribution in [1.82, 2.24) is 4.98 Å². The molecule has 1 heterocycles. The third-order valence-corrected chi connectivity index (χ3v) is 3.59. The van der Waals surface area contributed by atoms with Crippen molar-refractivity contribution in [1.29, 1.82) is 0 Å². The van der Waals surface area contributed by atoms with E-state index >= 15 is 0 Å². The number of hydrogen-bond donors (Lipinski definition) is 0. The maximum absolute atomic E-state index is 5.30. The van der Waals surface area contributed by atoms with E-state index in [1.807, 2.05) is 30.5 Å². The first kappa shape index (κ1) is 15.3. The molecule has 2 aromatic rings. The van der Waals surface area contributed by atoms with Crippen molar-refractivity contribution in [2.75, 3.05) is 7.11 Å². The van der Waals surface area contributed by atoms with Crippen molar-refractivity contribution in [3.05, 3.63) is 59.4 Å². The summed E-state index contributed by atoms with van der Waals surface area (Å²) in [5, 5.41) is 0. The molecule has 0 bridgehead atoms. The smallest absolute Gasteiger partial charge is 0.119 e. The highest BCUT2D eigenvalue weighted by atomic mass is 16.5. The lowest BCUT2D eigenvalue weighted by Gasteiger charge is -2.12. The van der Waals surface area contributed by atoms with Crippen LogP contribution < -0.4 is 4.74 Å². The topological polar surface area (TPSA) is 22.1 Å². The lowest BCUT2D eigenvalue weighted by molar-refractivity contribution is 0.414. The van der Waals surface area contributed by atoms with Crippen LogP contribution in [0.1, 0.15) is 43.0 Å². The van der Waals surface area contributed by atoms with Crippen molar-refractivity contribution in [2.45, 2.75) is 33.1 Å². The molecule has 0 unspecified atom stereocenters. The largest absolute Gasteiger partial charge is 0.497 e. The van der Waals surface area contributed by atoms with Crippen LogP contribution in [0.15, 0.2) is 42.6 Å². The predicted octanol–water partition coefficient (Wildman–Crippen LogP) is 5.13. The maximum Gasteiger partial charge on any atom is 0.119 e. The second-order valence-corrected chi connectivity index (χ2v) is 5.21. The predicted molar refractivity (Wildman–Crippen MR) is 89.4 cm³/mol. The summed E-state index contributed by atoms with van der Waals surface area (Å²) in [6.07, 6.45) is 7.48. The van der Waals surface area contributed by atoms with Crippen LogP contribution in [0.25, 0.3) is 11.6 Å². The fraction of sp³-hybridized carbons (Fsp3) is 0.316. The minimum absolute atomic E-state index is 0.906. The van der Waals surface area contributed by atoms with Gasteiger partial charge in [0.15, 0.2) is 0 Å². The molecule has 2 heteroatoms. The van der Waals surface area contributed by atoms with E-state index in [0.29, 0.717) is 0 Å². The van der Waals surface area contributed by atoms with Crippen LogP contribution in [-0.4, -0.2) is 12.1 Å². The van der Waals surface area contributed by atoms with Crippen LogP contribution in [0, 0.1) is 6.92 Å². The molecule has 0 radical (unpaired) electrons. The van der Waals surface area contributed by atoms with Crippen molar-refractivity contribution in [3.63, 3.8) is 0 Å². The molecule has 2 rings (SSSR count). The van der Waals surface area contributed by atoms with Crippen LogP contribution in [0.4, 0.5) is 0 Å². The highest BCUT2D eigenvalue weighted by Gasteiger charge is 2.07. The second kappa shape index (κ2) is 7.63. The van der Waals surface area contributed by atoms with E-state index in [4.69, 9.17) is 4.74 Å². The fourth-order valence-electron chi connectivity index (χ4n) is 2.42. The Morgan fingerprint density at radius 1 is 1.24 bits per heavy atom. The van der Waals surface area contributed by atoms with Crippen molar-refractivity contribution in [3.8, 4) is 5.75 Å². The number of hydrogen-bond acceptors (Lipinski definition) is 2. The van der Waals surface area contributed by atoms with Gasteiger partial charge < -0.3 is 4.74 Å². The molecule has 2 nitrogen and oxygen atoms in total. The Kier molecular flexibility index (Phi) is 5.56. The quantitative estimate of drug-likeness (QED) is 0.732. The number of aromatic nitrogens is 1. The van der Waals surface area contributed by atoms with E-state index in [1.54, 1.807) is 7.11 Å². The Labute approximate surface area is 127 Å². The van der Waals surface area contributed by atoms with Gasteiger partial charge in [0.25, 0.3) is 0 Å². The highest BCUT2D eigenvalue weighted by molar-refractivity contribution is 5.82. The summed E-state index contributed by atoms with van der Waals surface area (Å²) in [5.41, 5.74) is 4.89. The number of nitrogens with zero attached hydrogens (tertiary/aromatic N) is 1. The first-order chi connectivity index (χ1) is 10.2. The molecule has 21 heavy (non-hydrogen) atoms.